The van der Waals surface area contributed by atoms with Crippen molar-refractivity contribution in [1.29, 1.82) is 0 Å². The van der Waals surface area contributed by atoms with Crippen molar-refractivity contribution >= 4 is 13.7 Å². The van der Waals surface area contributed by atoms with Gasteiger partial charge in [-0.1, -0.05) is 109 Å². The Morgan fingerprint density at radius 1 is 0.833 bits per heavy atom. The van der Waals surface area contributed by atoms with Crippen LogP contribution in [-0.2, 0) is 26.9 Å². The topological polar surface area (TPSA) is 127 Å². The van der Waals surface area contributed by atoms with Crippen LogP contribution in [0.2, 0.25) is 0 Å². The number of nitrogens with zero attached hydrogens (tertiary/aromatic N) is 1. The van der Waals surface area contributed by atoms with Gasteiger partial charge in [0.05, 0.1) is 18.3 Å². The number of phosphoric acid groups is 1. The first-order valence-electron chi connectivity index (χ1n) is 17.3. The number of carbonyl (C=O) groups is 1. The first-order chi connectivity index (χ1) is 22.9. The average Bonchev–Trinajstić information content (AvgIpc) is 3.03. The quantitative estimate of drug-likeness (QED) is 0.0622. The summed E-state index contributed by atoms with van der Waals surface area (Å²) in [5.74, 6) is 0.307. The van der Waals surface area contributed by atoms with Crippen LogP contribution in [0.5, 0.6) is 11.5 Å². The fourth-order valence-corrected chi connectivity index (χ4v) is 5.62. The summed E-state index contributed by atoms with van der Waals surface area (Å²) in [6, 6.07) is 8.89. The van der Waals surface area contributed by atoms with Crippen LogP contribution < -0.4 is 14.8 Å². The van der Waals surface area contributed by atoms with E-state index in [0.29, 0.717) is 17.9 Å². The summed E-state index contributed by atoms with van der Waals surface area (Å²) >= 11 is 0. The summed E-state index contributed by atoms with van der Waals surface area (Å²) in [4.78, 5) is 35.1. The molecule has 0 saturated carbocycles. The Kier molecular flexibility index (Phi) is 20.5. The van der Waals surface area contributed by atoms with Crippen molar-refractivity contribution in [2.24, 2.45) is 0 Å². The minimum Gasteiger partial charge on any atom is -0.487 e. The molecule has 0 bridgehead atoms. The normalized spacial score (nSPS) is 12.5. The van der Waals surface area contributed by atoms with E-state index in [4.69, 9.17) is 14.0 Å². The number of amides is 1. The Morgan fingerprint density at radius 3 is 1.94 bits per heavy atom. The smallest absolute Gasteiger partial charge is 0.469 e. The molecule has 0 fully saturated rings. The van der Waals surface area contributed by atoms with Gasteiger partial charge in [-0.3, -0.25) is 14.3 Å². The minimum absolute atomic E-state index is 0.00329. The highest BCUT2D eigenvalue weighted by Gasteiger charge is 2.28. The van der Waals surface area contributed by atoms with Crippen molar-refractivity contribution in [1.82, 2.24) is 10.3 Å². The summed E-state index contributed by atoms with van der Waals surface area (Å²) in [7, 11) is -4.73. The average molecular weight is 703 g/mol. The lowest BCUT2D eigenvalue weighted by Crippen LogP contribution is -2.39. The Morgan fingerprint density at radius 2 is 1.40 bits per heavy atom. The third-order valence-corrected chi connectivity index (χ3v) is 8.28. The number of hydrogen-bond acceptors (Lipinski definition) is 6. The predicted molar refractivity (Wildman–Crippen MR) is 180 cm³/mol. The van der Waals surface area contributed by atoms with Crippen molar-refractivity contribution in [3.05, 3.63) is 53.9 Å². The van der Waals surface area contributed by atoms with Crippen molar-refractivity contribution < 1.29 is 46.3 Å². The SMILES string of the molecule is CCCCCCCCCCCCCCCCCC(=O)N[C@@H](COP(=O)(O)O)Cc1ccc(OCc2cc(OCC(F)(F)F)ccn2)cc1. The highest BCUT2D eigenvalue weighted by molar-refractivity contribution is 7.46. The number of rotatable bonds is 27. The van der Waals surface area contributed by atoms with E-state index in [0.717, 1.165) is 31.2 Å². The second-order valence-corrected chi connectivity index (χ2v) is 13.5. The Hall–Kier alpha value is -2.66. The van der Waals surface area contributed by atoms with Gasteiger partial charge < -0.3 is 24.6 Å². The lowest BCUT2D eigenvalue weighted by atomic mass is 10.0. The number of nitrogens with one attached hydrogen (secondary N) is 1. The lowest BCUT2D eigenvalue weighted by molar-refractivity contribution is -0.153. The fraction of sp³-hybridized carbons (Fsp3) is 0.657. The minimum atomic E-state index is -4.73. The number of halogens is 3. The van der Waals surface area contributed by atoms with Crippen LogP contribution in [0.15, 0.2) is 42.6 Å². The van der Waals surface area contributed by atoms with Gasteiger partial charge in [0.25, 0.3) is 0 Å². The van der Waals surface area contributed by atoms with Gasteiger partial charge in [-0.25, -0.2) is 4.57 Å². The summed E-state index contributed by atoms with van der Waals surface area (Å²) in [6.45, 7) is 0.481. The number of pyridine rings is 1. The molecule has 1 atom stereocenters. The van der Waals surface area contributed by atoms with Gasteiger partial charge in [-0.05, 0) is 36.6 Å². The summed E-state index contributed by atoms with van der Waals surface area (Å²) in [5.41, 5.74) is 1.15. The largest absolute Gasteiger partial charge is 0.487 e. The van der Waals surface area contributed by atoms with Crippen LogP contribution in [0, 0.1) is 0 Å². The molecule has 1 amide bonds. The Labute approximate surface area is 283 Å². The summed E-state index contributed by atoms with van der Waals surface area (Å²) in [5, 5.41) is 2.84. The molecule has 0 spiro atoms. The third kappa shape index (κ3) is 22.1. The van der Waals surface area contributed by atoms with E-state index in [2.05, 4.69) is 17.2 Å². The van der Waals surface area contributed by atoms with E-state index in [1.807, 2.05) is 0 Å². The molecule has 3 N–H and O–H groups in total. The number of unbranched alkanes of at least 4 members (excludes halogenated alkanes) is 14. The molecular formula is C35H54F3N2O7P. The maximum atomic E-state index is 12.6. The van der Waals surface area contributed by atoms with E-state index in [1.165, 1.54) is 89.0 Å². The van der Waals surface area contributed by atoms with Gasteiger partial charge in [-0.2, -0.15) is 13.2 Å². The molecule has 0 aliphatic rings. The molecule has 9 nitrogen and oxygen atoms in total. The molecule has 1 aromatic heterocycles. The fourth-order valence-electron chi connectivity index (χ4n) is 5.25. The van der Waals surface area contributed by atoms with E-state index >= 15 is 0 Å². The first kappa shape index (κ1) is 41.5. The molecule has 0 aliphatic heterocycles. The van der Waals surface area contributed by atoms with Crippen LogP contribution in [0.4, 0.5) is 13.2 Å². The van der Waals surface area contributed by atoms with Crippen LogP contribution in [0.25, 0.3) is 0 Å². The summed E-state index contributed by atoms with van der Waals surface area (Å²) in [6.07, 6.45) is 16.0. The molecular weight excluding hydrogens is 648 g/mol. The van der Waals surface area contributed by atoms with Crippen molar-refractivity contribution in [2.45, 2.75) is 135 Å². The number of alkyl halides is 3. The number of aromatic nitrogens is 1. The van der Waals surface area contributed by atoms with Crippen molar-refractivity contribution in [3.63, 3.8) is 0 Å². The molecule has 0 saturated heterocycles. The number of benzene rings is 1. The number of ether oxygens (including phenoxy) is 2. The zero-order valence-corrected chi connectivity index (χ0v) is 29.1. The number of hydrogen-bond donors (Lipinski definition) is 3. The second-order valence-electron chi connectivity index (χ2n) is 12.3. The molecule has 0 aliphatic carbocycles. The monoisotopic (exact) mass is 702 g/mol. The van der Waals surface area contributed by atoms with E-state index in [9.17, 15) is 32.3 Å². The van der Waals surface area contributed by atoms with Gasteiger partial charge in [0.1, 0.15) is 18.1 Å². The molecule has 1 aromatic carbocycles. The highest BCUT2D eigenvalue weighted by atomic mass is 31.2. The van der Waals surface area contributed by atoms with Crippen LogP contribution in [-0.4, -0.2) is 46.1 Å². The van der Waals surface area contributed by atoms with E-state index in [1.54, 1.807) is 24.3 Å². The molecule has 1 heterocycles. The zero-order chi connectivity index (χ0) is 35.1. The van der Waals surface area contributed by atoms with Crippen molar-refractivity contribution in [3.8, 4) is 11.5 Å². The van der Waals surface area contributed by atoms with Gasteiger partial charge in [-0.15, -0.1) is 0 Å². The predicted octanol–water partition coefficient (Wildman–Crippen LogP) is 9.00. The molecule has 2 rings (SSSR count). The molecule has 2 aromatic rings. The summed E-state index contributed by atoms with van der Waals surface area (Å²) < 4.78 is 63.7. The van der Waals surface area contributed by atoms with Crippen LogP contribution in [0.3, 0.4) is 0 Å². The zero-order valence-electron chi connectivity index (χ0n) is 28.2. The Balaban J connectivity index is 1.68. The molecule has 13 heteroatoms. The van der Waals surface area contributed by atoms with E-state index < -0.39 is 26.6 Å². The van der Waals surface area contributed by atoms with Gasteiger partial charge >= 0.3 is 14.0 Å². The Bertz CT molecular complexity index is 1200. The van der Waals surface area contributed by atoms with Gasteiger partial charge in [0, 0.05) is 18.7 Å². The van der Waals surface area contributed by atoms with Crippen LogP contribution >= 0.6 is 7.82 Å². The molecule has 0 radical (unpaired) electrons. The van der Waals surface area contributed by atoms with E-state index in [-0.39, 0.29) is 31.3 Å². The van der Waals surface area contributed by atoms with Crippen molar-refractivity contribution in [2.75, 3.05) is 13.2 Å². The molecule has 272 valence electrons. The highest BCUT2D eigenvalue weighted by Crippen LogP contribution is 2.36. The maximum absolute atomic E-state index is 12.6. The van der Waals surface area contributed by atoms with Gasteiger partial charge in [0.2, 0.25) is 5.91 Å². The molecule has 0 unspecified atom stereocenters. The standard InChI is InChI=1S/C35H54F3N2O7P/c1-2-3-4-5-6-7-8-9-10-11-12-13-14-15-16-17-34(41)40-31(27-47-48(42,43)44)24-29-18-20-32(21-19-29)45-26-30-25-33(22-23-39-30)46-28-35(36,37)38/h18-23,25,31H,2-17,24,26-28H2,1H3,(H,40,41)(H2,42,43,44)/t31-/m1/s1. The number of phosphoric ester groups is 1. The molecule has 48 heavy (non-hydrogen) atoms. The number of carbonyl (C=O) groups excluding carboxylic acids is 1. The lowest BCUT2D eigenvalue weighted by Gasteiger charge is -2.19. The van der Waals surface area contributed by atoms with Crippen LogP contribution in [0.1, 0.15) is 121 Å². The second kappa shape index (κ2) is 23.7. The van der Waals surface area contributed by atoms with Gasteiger partial charge in [0.15, 0.2) is 6.61 Å². The third-order valence-electron chi connectivity index (χ3n) is 7.80. The maximum Gasteiger partial charge on any atom is 0.469 e. The first-order valence-corrected chi connectivity index (χ1v) is 18.8.